The van der Waals surface area contributed by atoms with E-state index in [1.54, 1.807) is 0 Å². The van der Waals surface area contributed by atoms with Crippen LogP contribution in [-0.2, 0) is 0 Å². The molecule has 0 saturated heterocycles. The summed E-state index contributed by atoms with van der Waals surface area (Å²) in [4.78, 5) is 2.42. The Hall–Kier alpha value is -7.68. The monoisotopic (exact) mass is 739 g/mol. The number of hydrogen-bond acceptors (Lipinski definition) is 2. The molecule has 0 saturated carbocycles. The molecule has 0 radical (unpaired) electrons. The average molecular weight is 740 g/mol. The Bertz CT molecular complexity index is 3250. The van der Waals surface area contributed by atoms with Gasteiger partial charge in [0, 0.05) is 22.0 Å². The average Bonchev–Trinajstić information content (AvgIpc) is 3.69. The van der Waals surface area contributed by atoms with Crippen molar-refractivity contribution >= 4 is 60.5 Å². The van der Waals surface area contributed by atoms with Crippen molar-refractivity contribution in [3.05, 3.63) is 224 Å². The zero-order valence-electron chi connectivity index (χ0n) is 31.7. The fourth-order valence-electron chi connectivity index (χ4n) is 8.64. The summed E-state index contributed by atoms with van der Waals surface area (Å²) in [5.41, 5.74) is 14.4. The van der Waals surface area contributed by atoms with Gasteiger partial charge in [-0.25, -0.2) is 0 Å². The standard InChI is InChI=1S/C56H37NO/c1-3-14-38(15-4-1)41-26-30-43(31-27-41)47-20-11-12-23-52(47)57(46-35-34-40-18-7-8-19-45(40)36-46)53-24-13-25-54-55(53)51-37-50(48-21-9-10-22-49(48)56(51)58-54)44-32-28-42(29-33-44)39-16-5-2-6-17-39/h1-37H. The van der Waals surface area contributed by atoms with Gasteiger partial charge in [0.1, 0.15) is 11.2 Å². The van der Waals surface area contributed by atoms with E-state index in [2.05, 4.69) is 229 Å². The minimum absolute atomic E-state index is 0.852. The van der Waals surface area contributed by atoms with Gasteiger partial charge in [-0.05, 0) is 91.5 Å². The number of furan rings is 1. The first-order valence-corrected chi connectivity index (χ1v) is 19.8. The topological polar surface area (TPSA) is 16.4 Å². The maximum Gasteiger partial charge on any atom is 0.143 e. The largest absolute Gasteiger partial charge is 0.455 e. The molecule has 10 aromatic carbocycles. The molecule has 0 fully saturated rings. The predicted molar refractivity (Wildman–Crippen MR) is 245 cm³/mol. The van der Waals surface area contributed by atoms with Crippen LogP contribution >= 0.6 is 0 Å². The van der Waals surface area contributed by atoms with Gasteiger partial charge in [0.15, 0.2) is 0 Å². The first-order valence-electron chi connectivity index (χ1n) is 19.8. The number of anilines is 3. The van der Waals surface area contributed by atoms with E-state index in [1.165, 1.54) is 49.5 Å². The van der Waals surface area contributed by atoms with Gasteiger partial charge in [-0.2, -0.15) is 0 Å². The van der Waals surface area contributed by atoms with Crippen LogP contribution in [0.2, 0.25) is 0 Å². The first-order chi connectivity index (χ1) is 28.8. The Kier molecular flexibility index (Phi) is 8.19. The third kappa shape index (κ3) is 5.82. The van der Waals surface area contributed by atoms with Crippen LogP contribution in [-0.4, -0.2) is 0 Å². The number of nitrogens with zero attached hydrogens (tertiary/aromatic N) is 1. The third-order valence-corrected chi connectivity index (χ3v) is 11.5. The molecule has 0 amide bonds. The molecule has 0 unspecified atom stereocenters. The fraction of sp³-hybridized carbons (Fsp3) is 0. The van der Waals surface area contributed by atoms with E-state index in [-0.39, 0.29) is 0 Å². The van der Waals surface area contributed by atoms with Crippen molar-refractivity contribution in [1.29, 1.82) is 0 Å². The van der Waals surface area contributed by atoms with Crippen molar-refractivity contribution in [2.24, 2.45) is 0 Å². The lowest BCUT2D eigenvalue weighted by Crippen LogP contribution is -2.11. The Morgan fingerprint density at radius 2 is 0.845 bits per heavy atom. The summed E-state index contributed by atoms with van der Waals surface area (Å²) in [6, 6.07) is 80.6. The fourth-order valence-corrected chi connectivity index (χ4v) is 8.64. The Labute approximate surface area is 337 Å². The van der Waals surface area contributed by atoms with Crippen LogP contribution in [0.3, 0.4) is 0 Å². The number of rotatable bonds is 7. The number of benzene rings is 10. The maximum atomic E-state index is 6.91. The SMILES string of the molecule is c1ccc(-c2ccc(-c3ccccc3N(c3ccc4ccccc4c3)c3cccc4oc5c6ccccc6c(-c6ccc(-c7ccccc7)cc6)cc5c34)cc2)cc1. The molecule has 58 heavy (non-hydrogen) atoms. The van der Waals surface area contributed by atoms with Crippen LogP contribution < -0.4 is 4.90 Å². The molecular formula is C56H37NO. The normalized spacial score (nSPS) is 11.4. The summed E-state index contributed by atoms with van der Waals surface area (Å²) in [6.45, 7) is 0. The van der Waals surface area contributed by atoms with Crippen molar-refractivity contribution < 1.29 is 4.42 Å². The molecule has 0 atom stereocenters. The minimum Gasteiger partial charge on any atom is -0.455 e. The molecule has 0 aliphatic carbocycles. The van der Waals surface area contributed by atoms with Crippen LogP contribution in [0.5, 0.6) is 0 Å². The number of para-hydroxylation sites is 1. The Morgan fingerprint density at radius 1 is 0.310 bits per heavy atom. The van der Waals surface area contributed by atoms with Crippen LogP contribution in [0.25, 0.3) is 88.0 Å². The van der Waals surface area contributed by atoms with Crippen molar-refractivity contribution in [1.82, 2.24) is 0 Å². The number of hydrogen-bond donors (Lipinski definition) is 0. The quantitative estimate of drug-likeness (QED) is 0.162. The molecule has 11 aromatic rings. The van der Waals surface area contributed by atoms with Gasteiger partial charge < -0.3 is 9.32 Å². The molecule has 0 bridgehead atoms. The molecule has 272 valence electrons. The minimum atomic E-state index is 0.852. The van der Waals surface area contributed by atoms with Gasteiger partial charge in [-0.15, -0.1) is 0 Å². The molecule has 1 heterocycles. The van der Waals surface area contributed by atoms with E-state index in [0.717, 1.165) is 55.5 Å². The van der Waals surface area contributed by atoms with Gasteiger partial charge >= 0.3 is 0 Å². The second kappa shape index (κ2) is 14.1. The van der Waals surface area contributed by atoms with Gasteiger partial charge in [-0.3, -0.25) is 0 Å². The molecule has 0 aliphatic rings. The highest BCUT2D eigenvalue weighted by Crippen LogP contribution is 2.48. The van der Waals surface area contributed by atoms with Crippen molar-refractivity contribution in [2.75, 3.05) is 4.90 Å². The molecule has 11 rings (SSSR count). The summed E-state index contributed by atoms with van der Waals surface area (Å²) >= 11 is 0. The lowest BCUT2D eigenvalue weighted by Gasteiger charge is -2.29. The summed E-state index contributed by atoms with van der Waals surface area (Å²) in [7, 11) is 0. The number of fused-ring (bicyclic) bond motifs is 6. The second-order valence-electron chi connectivity index (χ2n) is 14.9. The van der Waals surface area contributed by atoms with Crippen LogP contribution in [0, 0.1) is 0 Å². The first kappa shape index (κ1) is 33.6. The van der Waals surface area contributed by atoms with Crippen LogP contribution in [0.1, 0.15) is 0 Å². The van der Waals surface area contributed by atoms with Gasteiger partial charge in [0.25, 0.3) is 0 Å². The van der Waals surface area contributed by atoms with E-state index in [4.69, 9.17) is 4.42 Å². The van der Waals surface area contributed by atoms with E-state index >= 15 is 0 Å². The summed E-state index contributed by atoms with van der Waals surface area (Å²) < 4.78 is 6.91. The van der Waals surface area contributed by atoms with Crippen molar-refractivity contribution in [3.63, 3.8) is 0 Å². The molecule has 2 nitrogen and oxygen atoms in total. The zero-order valence-corrected chi connectivity index (χ0v) is 31.7. The highest BCUT2D eigenvalue weighted by molar-refractivity contribution is 6.22. The molecule has 2 heteroatoms. The van der Waals surface area contributed by atoms with Gasteiger partial charge in [0.05, 0.1) is 16.8 Å². The predicted octanol–water partition coefficient (Wildman–Crippen LogP) is 16.0. The molecular weight excluding hydrogens is 703 g/mol. The lowest BCUT2D eigenvalue weighted by molar-refractivity contribution is 0.672. The zero-order chi connectivity index (χ0) is 38.4. The summed E-state index contributed by atoms with van der Waals surface area (Å²) in [5.74, 6) is 0. The molecule has 0 spiro atoms. The molecule has 1 aromatic heterocycles. The molecule has 0 N–H and O–H groups in total. The van der Waals surface area contributed by atoms with Gasteiger partial charge in [0.2, 0.25) is 0 Å². The van der Waals surface area contributed by atoms with E-state index in [1.807, 2.05) is 0 Å². The van der Waals surface area contributed by atoms with Crippen LogP contribution in [0.15, 0.2) is 229 Å². The highest BCUT2D eigenvalue weighted by Gasteiger charge is 2.24. The summed E-state index contributed by atoms with van der Waals surface area (Å²) in [6.07, 6.45) is 0. The highest BCUT2D eigenvalue weighted by atomic mass is 16.3. The van der Waals surface area contributed by atoms with Crippen LogP contribution in [0.4, 0.5) is 17.1 Å². The smallest absolute Gasteiger partial charge is 0.143 e. The van der Waals surface area contributed by atoms with E-state index in [0.29, 0.717) is 0 Å². The van der Waals surface area contributed by atoms with Gasteiger partial charge in [-0.1, -0.05) is 188 Å². The van der Waals surface area contributed by atoms with Crippen molar-refractivity contribution in [2.45, 2.75) is 0 Å². The van der Waals surface area contributed by atoms with Crippen molar-refractivity contribution in [3.8, 4) is 44.5 Å². The van der Waals surface area contributed by atoms with E-state index in [9.17, 15) is 0 Å². The Balaban J connectivity index is 1.14. The second-order valence-corrected chi connectivity index (χ2v) is 14.9. The lowest BCUT2D eigenvalue weighted by atomic mass is 9.93. The summed E-state index contributed by atoms with van der Waals surface area (Å²) in [5, 5.41) is 6.82. The van der Waals surface area contributed by atoms with E-state index < -0.39 is 0 Å². The Morgan fingerprint density at radius 3 is 1.55 bits per heavy atom. The third-order valence-electron chi connectivity index (χ3n) is 11.5. The maximum absolute atomic E-state index is 6.91. The molecule has 0 aliphatic heterocycles.